The zero-order valence-corrected chi connectivity index (χ0v) is 22.0. The number of amides is 2. The molecule has 0 aliphatic carbocycles. The molecule has 0 spiro atoms. The quantitative estimate of drug-likeness (QED) is 0.0875. The molecule has 0 saturated carbocycles. The number of fused-ring (bicyclic) bond motifs is 1. The monoisotopic (exact) mass is 569 g/mol. The maximum absolute atomic E-state index is 12.9. The summed E-state index contributed by atoms with van der Waals surface area (Å²) in [6.45, 7) is 0.523. The first-order valence-corrected chi connectivity index (χ1v) is 14.5. The van der Waals surface area contributed by atoms with Crippen LogP contribution in [-0.2, 0) is 20.1 Å². The molecule has 1 unspecified atom stereocenters. The number of anilines is 1. The molecule has 7 N–H and O–H groups in total. The third-order valence-electron chi connectivity index (χ3n) is 5.55. The summed E-state index contributed by atoms with van der Waals surface area (Å²) in [5, 5.41) is 24.8. The first kappa shape index (κ1) is 26.5. The Morgan fingerprint density at radius 2 is 2.22 bits per heavy atom. The number of nitrogen functional groups attached to an aromatic ring is 1. The van der Waals surface area contributed by atoms with Crippen molar-refractivity contribution in [3.8, 4) is 0 Å². The number of rotatable bonds is 10. The van der Waals surface area contributed by atoms with Crippen molar-refractivity contribution in [3.05, 3.63) is 35.2 Å². The summed E-state index contributed by atoms with van der Waals surface area (Å²) in [4.78, 5) is 48.4. The lowest BCUT2D eigenvalue weighted by atomic mass is 10.0. The van der Waals surface area contributed by atoms with Gasteiger partial charge in [0.15, 0.2) is 5.71 Å². The number of oxime groups is 1. The predicted octanol–water partition coefficient (Wildman–Crippen LogP) is 0.506. The Bertz CT molecular complexity index is 1190. The SMILES string of the molecule is NCCSCc1cnccc1SC1(C(=O)O)CS[C@@H]2[C@H](NC(=O)C(=NO)c3ncsc3N)C(=O)N2C1. The number of nitrogens with one attached hydrogen (secondary N) is 1. The number of nitrogens with zero attached hydrogens (tertiary/aromatic N) is 4. The van der Waals surface area contributed by atoms with E-state index in [9.17, 15) is 24.7 Å². The summed E-state index contributed by atoms with van der Waals surface area (Å²) in [5.41, 5.74) is 13.3. The van der Waals surface area contributed by atoms with Gasteiger partial charge in [-0.25, -0.2) is 4.98 Å². The van der Waals surface area contributed by atoms with Gasteiger partial charge in [-0.1, -0.05) is 5.16 Å². The summed E-state index contributed by atoms with van der Waals surface area (Å²) in [5.74, 6) is -0.601. The largest absolute Gasteiger partial charge is 0.480 e. The molecule has 2 fully saturated rings. The van der Waals surface area contributed by atoms with Crippen molar-refractivity contribution < 1.29 is 24.7 Å². The first-order valence-electron chi connectivity index (χ1n) is 10.6. The maximum Gasteiger partial charge on any atom is 0.322 e. The summed E-state index contributed by atoms with van der Waals surface area (Å²) < 4.78 is -1.27. The Hall–Kier alpha value is -2.53. The number of aromatic nitrogens is 2. The number of hydrogen-bond donors (Lipinski definition) is 5. The Balaban J connectivity index is 1.46. The molecule has 0 bridgehead atoms. The van der Waals surface area contributed by atoms with E-state index < -0.39 is 39.7 Å². The van der Waals surface area contributed by atoms with Gasteiger partial charge in [-0.2, -0.15) is 11.8 Å². The second kappa shape index (κ2) is 11.2. The molecular formula is C20H23N7O5S4. The zero-order chi connectivity index (χ0) is 25.9. The molecule has 3 atom stereocenters. The molecule has 12 nitrogen and oxygen atoms in total. The smallest absolute Gasteiger partial charge is 0.322 e. The lowest BCUT2D eigenvalue weighted by Crippen LogP contribution is -2.74. The van der Waals surface area contributed by atoms with E-state index in [0.717, 1.165) is 27.5 Å². The van der Waals surface area contributed by atoms with Crippen LogP contribution < -0.4 is 16.8 Å². The average molecular weight is 570 g/mol. The Labute approximate surface area is 222 Å². The highest BCUT2D eigenvalue weighted by molar-refractivity contribution is 8.05. The molecule has 16 heteroatoms. The molecule has 192 valence electrons. The minimum absolute atomic E-state index is 0.0203. The van der Waals surface area contributed by atoms with E-state index in [1.54, 1.807) is 30.2 Å². The van der Waals surface area contributed by atoms with Crippen molar-refractivity contribution in [1.82, 2.24) is 20.2 Å². The third-order valence-corrected chi connectivity index (χ3v) is 10.4. The van der Waals surface area contributed by atoms with Crippen LogP contribution in [0.15, 0.2) is 34.0 Å². The van der Waals surface area contributed by atoms with Crippen LogP contribution in [0.3, 0.4) is 0 Å². The number of thioether (sulfide) groups is 3. The summed E-state index contributed by atoms with van der Waals surface area (Å²) in [7, 11) is 0. The van der Waals surface area contributed by atoms with Gasteiger partial charge in [0.2, 0.25) is 5.91 Å². The van der Waals surface area contributed by atoms with Crippen LogP contribution in [0.1, 0.15) is 11.3 Å². The van der Waals surface area contributed by atoms with Gasteiger partial charge >= 0.3 is 5.97 Å². The normalized spacial score (nSPS) is 23.6. The number of pyridine rings is 1. The molecule has 2 aliphatic heterocycles. The zero-order valence-electron chi connectivity index (χ0n) is 18.7. The van der Waals surface area contributed by atoms with Crippen molar-refractivity contribution in [3.63, 3.8) is 0 Å². The Morgan fingerprint density at radius 3 is 2.89 bits per heavy atom. The molecule has 2 aromatic heterocycles. The molecule has 2 amide bonds. The molecule has 4 rings (SSSR count). The molecule has 2 saturated heterocycles. The van der Waals surface area contributed by atoms with Crippen LogP contribution in [-0.4, -0.2) is 89.4 Å². The number of thiazole rings is 1. The van der Waals surface area contributed by atoms with Crippen molar-refractivity contribution in [2.24, 2.45) is 10.9 Å². The number of aliphatic carboxylic acids is 1. The maximum atomic E-state index is 12.9. The number of hydrogen-bond acceptors (Lipinski definition) is 13. The highest BCUT2D eigenvalue weighted by atomic mass is 32.2. The summed E-state index contributed by atoms with van der Waals surface area (Å²) >= 11 is 5.21. The molecular weight excluding hydrogens is 547 g/mol. The van der Waals surface area contributed by atoms with Crippen LogP contribution in [0, 0.1) is 0 Å². The Morgan fingerprint density at radius 1 is 1.42 bits per heavy atom. The lowest BCUT2D eigenvalue weighted by Gasteiger charge is -2.53. The second-order valence-corrected chi connectivity index (χ2v) is 12.4. The van der Waals surface area contributed by atoms with E-state index in [4.69, 9.17) is 11.5 Å². The number of carbonyl (C=O) groups is 3. The highest BCUT2D eigenvalue weighted by Crippen LogP contribution is 2.47. The fourth-order valence-electron chi connectivity index (χ4n) is 3.73. The van der Waals surface area contributed by atoms with Gasteiger partial charge < -0.3 is 32.0 Å². The van der Waals surface area contributed by atoms with Gasteiger partial charge in [0.25, 0.3) is 5.91 Å². The molecule has 2 aliphatic rings. The van der Waals surface area contributed by atoms with Crippen molar-refractivity contribution in [2.75, 3.05) is 30.3 Å². The van der Waals surface area contributed by atoms with Crippen LogP contribution in [0.25, 0.3) is 0 Å². The number of carboxylic acids is 1. The highest BCUT2D eigenvalue weighted by Gasteiger charge is 2.58. The minimum Gasteiger partial charge on any atom is -0.480 e. The van der Waals surface area contributed by atoms with Crippen LogP contribution in [0.4, 0.5) is 5.00 Å². The van der Waals surface area contributed by atoms with Crippen LogP contribution >= 0.6 is 46.6 Å². The summed E-state index contributed by atoms with van der Waals surface area (Å²) in [6.07, 6.45) is 3.33. The average Bonchev–Trinajstić information content (AvgIpc) is 3.29. The van der Waals surface area contributed by atoms with E-state index in [-0.39, 0.29) is 23.0 Å². The second-order valence-electron chi connectivity index (χ2n) is 7.86. The van der Waals surface area contributed by atoms with Crippen molar-refractivity contribution in [2.45, 2.75) is 26.8 Å². The van der Waals surface area contributed by atoms with Crippen LogP contribution in [0.2, 0.25) is 0 Å². The molecule has 36 heavy (non-hydrogen) atoms. The molecule has 4 heterocycles. The van der Waals surface area contributed by atoms with E-state index >= 15 is 0 Å². The van der Waals surface area contributed by atoms with E-state index in [1.165, 1.54) is 33.9 Å². The van der Waals surface area contributed by atoms with Gasteiger partial charge in [0, 0.05) is 47.6 Å². The number of β-lactam (4-membered cyclic amide) rings is 1. The van der Waals surface area contributed by atoms with E-state index in [1.807, 2.05) is 0 Å². The number of nitrogens with two attached hydrogens (primary N) is 2. The van der Waals surface area contributed by atoms with Gasteiger partial charge in [-0.3, -0.25) is 19.4 Å². The topological polar surface area (TPSA) is 197 Å². The molecule has 0 radical (unpaired) electrons. The lowest BCUT2D eigenvalue weighted by molar-refractivity contribution is -0.151. The van der Waals surface area contributed by atoms with Crippen molar-refractivity contribution >= 4 is 75.1 Å². The summed E-state index contributed by atoms with van der Waals surface area (Å²) in [6, 6.07) is 0.894. The van der Waals surface area contributed by atoms with Gasteiger partial charge in [-0.15, -0.1) is 34.9 Å². The van der Waals surface area contributed by atoms with Gasteiger partial charge in [0.05, 0.1) is 5.51 Å². The Kier molecular flexibility index (Phi) is 8.29. The number of carboxylic acid groups (broad SMARTS) is 1. The van der Waals surface area contributed by atoms with E-state index in [0.29, 0.717) is 12.3 Å². The fourth-order valence-corrected chi connectivity index (χ4v) is 8.04. The first-order chi connectivity index (χ1) is 17.3. The third kappa shape index (κ3) is 5.13. The molecule has 2 aromatic rings. The standard InChI is InChI=1S/C20H23N7O5S4/c21-2-4-33-6-10-5-23-3-1-11(10)36-20(19(30)31)7-27-17(29)14(18(27)34-8-20)25-16(28)13(26-32)12-15(22)35-9-24-12/h1,3,5,9,14,18,32H,2,4,6-8,21-22H2,(H,25,28)(H,30,31)/t14-,18-,20?/m1/s1. The van der Waals surface area contributed by atoms with Gasteiger partial charge in [0.1, 0.15) is 26.9 Å². The fraction of sp³-hybridized carbons (Fsp3) is 0.400. The van der Waals surface area contributed by atoms with Gasteiger partial charge in [-0.05, 0) is 11.6 Å². The predicted molar refractivity (Wildman–Crippen MR) is 140 cm³/mol. The van der Waals surface area contributed by atoms with E-state index in [2.05, 4.69) is 20.4 Å². The van der Waals surface area contributed by atoms with Crippen molar-refractivity contribution in [1.29, 1.82) is 0 Å². The number of carbonyl (C=O) groups excluding carboxylic acids is 2. The molecule has 0 aromatic carbocycles. The minimum atomic E-state index is -1.27. The van der Waals surface area contributed by atoms with Crippen LogP contribution in [0.5, 0.6) is 0 Å².